The van der Waals surface area contributed by atoms with Gasteiger partial charge in [-0.3, -0.25) is 19.2 Å². The number of β-amino-alcohol motifs (C(OH)–C–C–N with tert-alkyl or cyclic N) is 1. The second kappa shape index (κ2) is 19.1. The Kier molecular flexibility index (Phi) is 15.0. The average Bonchev–Trinajstić information content (AvgIpc) is 3.74. The van der Waals surface area contributed by atoms with Crippen molar-refractivity contribution in [1.29, 1.82) is 0 Å². The molecule has 3 aromatic rings. The molecule has 0 unspecified atom stereocenters. The summed E-state index contributed by atoms with van der Waals surface area (Å²) in [4.78, 5) is 63.6. The standard InChI is InChI=1S/C40H55N5O7S.H2/c1-25(11-20-34(41)47)27(3)51-23-29-14-12-28(13-15-29)9-7-8-10-35(48)43-37(40(4,5)6)39(50)45-22-31(46)21-33(45)38(49)44-52-32-18-16-30(17-19-32)36-26(2)42-24-53-36;/h12-19,24-25,27,31,33,37,46H,7-11,20-23H2,1-6H3,(H2,41,47)(H,43,48)(H,44,49);1H/t25-,27+,31+,33-,37+;/m0./s1. The van der Waals surface area contributed by atoms with Crippen LogP contribution in [0.4, 0.5) is 0 Å². The van der Waals surface area contributed by atoms with E-state index < -0.39 is 35.4 Å². The van der Waals surface area contributed by atoms with Crippen molar-refractivity contribution in [3.63, 3.8) is 0 Å². The zero-order chi connectivity index (χ0) is 38.7. The van der Waals surface area contributed by atoms with Gasteiger partial charge in [-0.1, -0.05) is 52.0 Å². The van der Waals surface area contributed by atoms with Crippen LogP contribution in [0.5, 0.6) is 5.75 Å². The lowest BCUT2D eigenvalue weighted by Gasteiger charge is -2.35. The summed E-state index contributed by atoms with van der Waals surface area (Å²) in [5.74, 6) is -0.886. The number of aromatic nitrogens is 1. The highest BCUT2D eigenvalue weighted by Crippen LogP contribution is 2.29. The van der Waals surface area contributed by atoms with Crippen molar-refractivity contribution in [2.45, 2.75) is 117 Å². The molecule has 2 heterocycles. The van der Waals surface area contributed by atoms with E-state index in [9.17, 15) is 24.3 Å². The Morgan fingerprint density at radius 2 is 1.72 bits per heavy atom. The number of aliphatic hydroxyl groups excluding tert-OH is 1. The topological polar surface area (TPSA) is 173 Å². The lowest BCUT2D eigenvalue weighted by Crippen LogP contribution is -2.58. The van der Waals surface area contributed by atoms with E-state index in [2.05, 4.69) is 34.8 Å². The molecule has 2 aromatic carbocycles. The summed E-state index contributed by atoms with van der Waals surface area (Å²) in [5.41, 5.74) is 13.0. The second-order valence-electron chi connectivity index (χ2n) is 15.1. The number of nitrogens with one attached hydrogen (secondary N) is 2. The number of benzene rings is 2. The summed E-state index contributed by atoms with van der Waals surface area (Å²) >= 11 is 1.54. The van der Waals surface area contributed by atoms with Gasteiger partial charge in [-0.05, 0) is 91.8 Å². The number of aryl methyl sites for hydroxylation is 2. The van der Waals surface area contributed by atoms with Gasteiger partial charge in [0.1, 0.15) is 12.1 Å². The number of carbonyl (C=O) groups excluding carboxylic acids is 4. The van der Waals surface area contributed by atoms with Gasteiger partial charge in [-0.2, -0.15) is 5.48 Å². The average molecular weight is 752 g/mol. The van der Waals surface area contributed by atoms with E-state index in [0.29, 0.717) is 31.6 Å². The molecule has 1 aromatic heterocycles. The first-order valence-electron chi connectivity index (χ1n) is 18.3. The normalized spacial score (nSPS) is 17.5. The molecule has 4 amide bonds. The Labute approximate surface area is 318 Å². The molecule has 13 heteroatoms. The second-order valence-corrected chi connectivity index (χ2v) is 16.0. The molecule has 0 saturated carbocycles. The zero-order valence-corrected chi connectivity index (χ0v) is 32.5. The van der Waals surface area contributed by atoms with Crippen LogP contribution in [-0.4, -0.2) is 69.5 Å². The van der Waals surface area contributed by atoms with Crippen molar-refractivity contribution in [3.8, 4) is 16.2 Å². The van der Waals surface area contributed by atoms with E-state index in [-0.39, 0.29) is 44.6 Å². The van der Waals surface area contributed by atoms with E-state index >= 15 is 0 Å². The van der Waals surface area contributed by atoms with Gasteiger partial charge < -0.3 is 30.6 Å². The smallest absolute Gasteiger partial charge is 0.275 e. The van der Waals surface area contributed by atoms with Gasteiger partial charge in [0.15, 0.2) is 5.75 Å². The lowest BCUT2D eigenvalue weighted by atomic mass is 9.85. The number of hydroxylamine groups is 1. The van der Waals surface area contributed by atoms with E-state index in [1.54, 1.807) is 29.0 Å². The SMILES string of the molecule is Cc1ncsc1-c1ccc(ONC(=O)[C@@H]2C[C@@H](O)CN2C(=O)[C@@H](NC(=O)CCCCc2ccc(CO[C@H](C)[C@@H](C)CCC(N)=O)cc2)C(C)(C)C)cc1.[HH]. The number of nitrogens with zero attached hydrogens (tertiary/aromatic N) is 2. The van der Waals surface area contributed by atoms with Crippen LogP contribution < -0.4 is 21.4 Å². The Hall–Kier alpha value is -4.33. The monoisotopic (exact) mass is 751 g/mol. The first-order valence-corrected chi connectivity index (χ1v) is 19.2. The van der Waals surface area contributed by atoms with E-state index in [0.717, 1.165) is 40.1 Å². The number of thiazole rings is 1. The van der Waals surface area contributed by atoms with Crippen molar-refractivity contribution >= 4 is 35.0 Å². The molecule has 0 aliphatic carbocycles. The first-order chi connectivity index (χ1) is 25.1. The highest BCUT2D eigenvalue weighted by atomic mass is 32.1. The molecular formula is C40H57N5O7S. The quantitative estimate of drug-likeness (QED) is 0.0976. The van der Waals surface area contributed by atoms with Crippen LogP contribution in [0, 0.1) is 18.3 Å². The Morgan fingerprint density at radius 3 is 2.34 bits per heavy atom. The van der Waals surface area contributed by atoms with Crippen LogP contribution in [0.2, 0.25) is 0 Å². The Balaban J connectivity index is 0.00000784. The van der Waals surface area contributed by atoms with Gasteiger partial charge in [0.25, 0.3) is 5.91 Å². The molecule has 4 rings (SSSR count). The number of aliphatic hydroxyl groups is 1. The Morgan fingerprint density at radius 1 is 1.04 bits per heavy atom. The Bertz CT molecular complexity index is 1680. The maximum atomic E-state index is 13.9. The van der Waals surface area contributed by atoms with Crippen molar-refractivity contribution in [3.05, 3.63) is 70.9 Å². The molecule has 1 aliphatic heterocycles. The summed E-state index contributed by atoms with van der Waals surface area (Å²) < 4.78 is 6.00. The number of carbonyl (C=O) groups is 4. The van der Waals surface area contributed by atoms with Gasteiger partial charge >= 0.3 is 0 Å². The van der Waals surface area contributed by atoms with Gasteiger partial charge in [0.2, 0.25) is 17.7 Å². The molecular weight excluding hydrogens is 695 g/mol. The number of hydrogen-bond donors (Lipinski definition) is 4. The van der Waals surface area contributed by atoms with E-state index in [1.807, 2.05) is 58.9 Å². The summed E-state index contributed by atoms with van der Waals surface area (Å²) in [6.07, 6.45) is 2.71. The minimum Gasteiger partial charge on any atom is -0.391 e. The van der Waals surface area contributed by atoms with Crippen LogP contribution in [0.1, 0.15) is 91.4 Å². The van der Waals surface area contributed by atoms with E-state index in [4.69, 9.17) is 15.3 Å². The number of unbranched alkanes of at least 4 members (excludes halogenated alkanes) is 1. The number of nitrogens with two attached hydrogens (primary N) is 1. The fourth-order valence-electron chi connectivity index (χ4n) is 6.20. The predicted octanol–water partition coefficient (Wildman–Crippen LogP) is 5.49. The maximum absolute atomic E-state index is 13.9. The number of amides is 4. The summed E-state index contributed by atoms with van der Waals surface area (Å²) in [6, 6.07) is 13.6. The minimum atomic E-state index is -0.962. The zero-order valence-electron chi connectivity index (χ0n) is 31.7. The molecule has 0 spiro atoms. The molecule has 53 heavy (non-hydrogen) atoms. The highest BCUT2D eigenvalue weighted by Gasteiger charge is 2.44. The number of hydrogen-bond acceptors (Lipinski definition) is 9. The van der Waals surface area contributed by atoms with Gasteiger partial charge in [-0.25, -0.2) is 4.98 Å². The lowest BCUT2D eigenvalue weighted by molar-refractivity contribution is -0.145. The van der Waals surface area contributed by atoms with Crippen molar-refractivity contribution < 1.29 is 35.3 Å². The third kappa shape index (κ3) is 12.4. The summed E-state index contributed by atoms with van der Waals surface area (Å²) in [5, 5.41) is 13.4. The summed E-state index contributed by atoms with van der Waals surface area (Å²) in [7, 11) is 0. The summed E-state index contributed by atoms with van der Waals surface area (Å²) in [6.45, 7) is 12.0. The van der Waals surface area contributed by atoms with Crippen LogP contribution in [0.3, 0.4) is 0 Å². The van der Waals surface area contributed by atoms with Gasteiger partial charge in [-0.15, -0.1) is 11.3 Å². The largest absolute Gasteiger partial charge is 0.391 e. The maximum Gasteiger partial charge on any atom is 0.275 e. The van der Waals surface area contributed by atoms with Gasteiger partial charge in [0.05, 0.1) is 34.9 Å². The first kappa shape index (κ1) is 41.4. The molecule has 0 radical (unpaired) electrons. The number of primary amides is 1. The molecule has 1 fully saturated rings. The predicted molar refractivity (Wildman–Crippen MR) is 207 cm³/mol. The molecule has 12 nitrogen and oxygen atoms in total. The molecule has 1 aliphatic rings. The number of ether oxygens (including phenoxy) is 1. The number of rotatable bonds is 18. The van der Waals surface area contributed by atoms with Gasteiger partial charge in [0, 0.05) is 27.2 Å². The fourth-order valence-corrected chi connectivity index (χ4v) is 7.01. The molecule has 0 bridgehead atoms. The molecule has 290 valence electrons. The third-order valence-corrected chi connectivity index (χ3v) is 10.7. The van der Waals surface area contributed by atoms with Crippen LogP contribution >= 0.6 is 11.3 Å². The fraction of sp³-hybridized carbons (Fsp3) is 0.525. The minimum absolute atomic E-state index is 0. The van der Waals surface area contributed by atoms with Crippen LogP contribution in [0.25, 0.3) is 10.4 Å². The van der Waals surface area contributed by atoms with E-state index in [1.165, 1.54) is 4.90 Å². The van der Waals surface area contributed by atoms with Crippen LogP contribution in [0.15, 0.2) is 54.0 Å². The van der Waals surface area contributed by atoms with Crippen molar-refractivity contribution in [2.75, 3.05) is 6.54 Å². The highest BCUT2D eigenvalue weighted by molar-refractivity contribution is 7.13. The third-order valence-electron chi connectivity index (χ3n) is 9.72. The molecule has 1 saturated heterocycles. The molecule has 5 N–H and O–H groups in total. The molecule has 5 atom stereocenters. The van der Waals surface area contributed by atoms with Crippen LogP contribution in [-0.2, 0) is 36.9 Å². The van der Waals surface area contributed by atoms with Crippen molar-refractivity contribution in [1.82, 2.24) is 20.7 Å². The van der Waals surface area contributed by atoms with Crippen molar-refractivity contribution in [2.24, 2.45) is 17.1 Å². The number of likely N-dealkylation sites (tertiary alicyclic amines) is 1.